The first-order valence-corrected chi connectivity index (χ1v) is 6.77. The fourth-order valence-corrected chi connectivity index (χ4v) is 2.81. The van der Waals surface area contributed by atoms with Gasteiger partial charge in [-0.25, -0.2) is 0 Å². The number of aromatic nitrogens is 1. The summed E-state index contributed by atoms with van der Waals surface area (Å²) >= 11 is 0. The molecule has 2 aliphatic rings. The van der Waals surface area contributed by atoms with Gasteiger partial charge in [0.05, 0.1) is 13.2 Å². The predicted molar refractivity (Wildman–Crippen MR) is 68.0 cm³/mol. The zero-order chi connectivity index (χ0) is 12.3. The molecule has 18 heavy (non-hydrogen) atoms. The van der Waals surface area contributed by atoms with Gasteiger partial charge in [-0.05, 0) is 24.5 Å². The fraction of sp³-hybridized carbons (Fsp3) is 0.643. The molecule has 1 saturated carbocycles. The molecule has 4 heteroatoms. The van der Waals surface area contributed by atoms with E-state index in [-0.39, 0.29) is 5.79 Å². The minimum absolute atomic E-state index is 0.244. The SMILES string of the molecule is c1cncc(CNC2CCC3(CC2)OCCO3)c1. The van der Waals surface area contributed by atoms with Crippen LogP contribution in [-0.2, 0) is 16.0 Å². The largest absolute Gasteiger partial charge is 0.348 e. The molecule has 2 heterocycles. The lowest BCUT2D eigenvalue weighted by molar-refractivity contribution is -0.179. The zero-order valence-corrected chi connectivity index (χ0v) is 10.6. The van der Waals surface area contributed by atoms with Gasteiger partial charge in [0, 0.05) is 37.8 Å². The molecule has 1 saturated heterocycles. The van der Waals surface area contributed by atoms with Gasteiger partial charge in [0.25, 0.3) is 0 Å². The Kier molecular flexibility index (Phi) is 3.59. The maximum Gasteiger partial charge on any atom is 0.168 e. The normalized spacial score (nSPS) is 23.6. The quantitative estimate of drug-likeness (QED) is 0.886. The topological polar surface area (TPSA) is 43.4 Å². The zero-order valence-electron chi connectivity index (χ0n) is 10.6. The monoisotopic (exact) mass is 248 g/mol. The second-order valence-electron chi connectivity index (χ2n) is 5.12. The van der Waals surface area contributed by atoms with Gasteiger partial charge in [0.2, 0.25) is 0 Å². The van der Waals surface area contributed by atoms with Crippen LogP contribution in [0.25, 0.3) is 0 Å². The van der Waals surface area contributed by atoms with Crippen molar-refractivity contribution in [3.63, 3.8) is 0 Å². The molecule has 98 valence electrons. The van der Waals surface area contributed by atoms with Gasteiger partial charge >= 0.3 is 0 Å². The van der Waals surface area contributed by atoms with E-state index in [0.29, 0.717) is 6.04 Å². The highest BCUT2D eigenvalue weighted by Gasteiger charge is 2.40. The Morgan fingerprint density at radius 1 is 1.28 bits per heavy atom. The maximum atomic E-state index is 5.73. The number of ether oxygens (including phenoxy) is 2. The molecule has 0 aromatic carbocycles. The number of hydrogen-bond acceptors (Lipinski definition) is 4. The predicted octanol–water partition coefficient (Wildman–Crippen LogP) is 1.86. The lowest BCUT2D eigenvalue weighted by atomic mass is 9.90. The summed E-state index contributed by atoms with van der Waals surface area (Å²) in [5, 5.41) is 3.59. The Labute approximate surface area is 108 Å². The summed E-state index contributed by atoms with van der Waals surface area (Å²) in [5.41, 5.74) is 1.24. The Hall–Kier alpha value is -0.970. The van der Waals surface area contributed by atoms with Gasteiger partial charge in [0.1, 0.15) is 0 Å². The lowest BCUT2D eigenvalue weighted by Gasteiger charge is -2.35. The van der Waals surface area contributed by atoms with Crippen molar-refractivity contribution in [2.45, 2.75) is 44.1 Å². The third kappa shape index (κ3) is 2.71. The highest BCUT2D eigenvalue weighted by atomic mass is 16.7. The smallest absolute Gasteiger partial charge is 0.168 e. The molecule has 3 rings (SSSR count). The number of nitrogens with zero attached hydrogens (tertiary/aromatic N) is 1. The molecule has 4 nitrogen and oxygen atoms in total. The van der Waals surface area contributed by atoms with Crippen LogP contribution in [0.4, 0.5) is 0 Å². The third-order valence-corrected chi connectivity index (χ3v) is 3.88. The van der Waals surface area contributed by atoms with Crippen molar-refractivity contribution in [3.05, 3.63) is 30.1 Å². The Morgan fingerprint density at radius 3 is 2.72 bits per heavy atom. The second kappa shape index (κ2) is 5.34. The van der Waals surface area contributed by atoms with Crippen LogP contribution in [0.15, 0.2) is 24.5 Å². The van der Waals surface area contributed by atoms with Crippen molar-refractivity contribution in [1.82, 2.24) is 10.3 Å². The van der Waals surface area contributed by atoms with E-state index >= 15 is 0 Å². The Morgan fingerprint density at radius 2 is 2.06 bits per heavy atom. The molecule has 1 N–H and O–H groups in total. The van der Waals surface area contributed by atoms with Gasteiger partial charge < -0.3 is 14.8 Å². The lowest BCUT2D eigenvalue weighted by Crippen LogP contribution is -2.41. The van der Waals surface area contributed by atoms with Crippen LogP contribution in [-0.4, -0.2) is 30.0 Å². The highest BCUT2D eigenvalue weighted by molar-refractivity contribution is 5.08. The molecule has 0 atom stereocenters. The summed E-state index contributed by atoms with van der Waals surface area (Å²) in [6, 6.07) is 4.66. The third-order valence-electron chi connectivity index (χ3n) is 3.88. The minimum atomic E-state index is -0.244. The van der Waals surface area contributed by atoms with Gasteiger partial charge in [0.15, 0.2) is 5.79 Å². The van der Waals surface area contributed by atoms with E-state index in [9.17, 15) is 0 Å². The average molecular weight is 248 g/mol. The van der Waals surface area contributed by atoms with Crippen molar-refractivity contribution >= 4 is 0 Å². The fourth-order valence-electron chi connectivity index (χ4n) is 2.81. The number of pyridine rings is 1. The van der Waals surface area contributed by atoms with E-state index in [2.05, 4.69) is 16.4 Å². The number of rotatable bonds is 3. The summed E-state index contributed by atoms with van der Waals surface area (Å²) in [5.74, 6) is -0.244. The summed E-state index contributed by atoms with van der Waals surface area (Å²) in [4.78, 5) is 4.13. The van der Waals surface area contributed by atoms with E-state index in [4.69, 9.17) is 9.47 Å². The molecule has 2 fully saturated rings. The Balaban J connectivity index is 1.46. The standard InChI is InChI=1S/C14H20N2O2/c1-2-12(10-15-7-1)11-16-13-3-5-14(6-4-13)17-8-9-18-14/h1-2,7,10,13,16H,3-6,8-9,11H2. The van der Waals surface area contributed by atoms with Gasteiger partial charge in [-0.3, -0.25) is 4.98 Å². The van der Waals surface area contributed by atoms with Gasteiger partial charge in [-0.2, -0.15) is 0 Å². The first-order valence-electron chi connectivity index (χ1n) is 6.77. The average Bonchev–Trinajstić information content (AvgIpc) is 2.88. The molecule has 0 radical (unpaired) electrons. The van der Waals surface area contributed by atoms with Crippen molar-refractivity contribution in [3.8, 4) is 0 Å². The van der Waals surface area contributed by atoms with Crippen LogP contribution >= 0.6 is 0 Å². The van der Waals surface area contributed by atoms with Crippen molar-refractivity contribution in [2.24, 2.45) is 0 Å². The molecule has 1 aliphatic carbocycles. The molecule has 0 bridgehead atoms. The first kappa shape index (κ1) is 12.1. The molecular weight excluding hydrogens is 228 g/mol. The van der Waals surface area contributed by atoms with Crippen LogP contribution in [0.3, 0.4) is 0 Å². The molecule has 1 spiro atoms. The second-order valence-corrected chi connectivity index (χ2v) is 5.12. The molecule has 0 amide bonds. The summed E-state index contributed by atoms with van der Waals surface area (Å²) in [6.45, 7) is 2.41. The summed E-state index contributed by atoms with van der Waals surface area (Å²) in [7, 11) is 0. The molecule has 1 aromatic heterocycles. The number of nitrogens with one attached hydrogen (secondary N) is 1. The van der Waals surface area contributed by atoms with Crippen LogP contribution in [0.5, 0.6) is 0 Å². The van der Waals surface area contributed by atoms with E-state index in [1.54, 1.807) is 0 Å². The molecular formula is C14H20N2O2. The maximum absolute atomic E-state index is 5.73. The van der Waals surface area contributed by atoms with Crippen molar-refractivity contribution in [2.75, 3.05) is 13.2 Å². The van der Waals surface area contributed by atoms with E-state index in [0.717, 1.165) is 45.4 Å². The van der Waals surface area contributed by atoms with Crippen LogP contribution in [0.1, 0.15) is 31.2 Å². The van der Waals surface area contributed by atoms with Gasteiger partial charge in [-0.15, -0.1) is 0 Å². The van der Waals surface area contributed by atoms with Crippen LogP contribution in [0.2, 0.25) is 0 Å². The van der Waals surface area contributed by atoms with Crippen molar-refractivity contribution < 1.29 is 9.47 Å². The van der Waals surface area contributed by atoms with Crippen LogP contribution < -0.4 is 5.32 Å². The number of hydrogen-bond donors (Lipinski definition) is 1. The highest BCUT2D eigenvalue weighted by Crippen LogP contribution is 2.35. The first-order chi connectivity index (χ1) is 8.86. The summed E-state index contributed by atoms with van der Waals surface area (Å²) in [6.07, 6.45) is 8.00. The Bertz CT molecular complexity index is 367. The van der Waals surface area contributed by atoms with E-state index in [1.165, 1.54) is 5.56 Å². The van der Waals surface area contributed by atoms with Crippen LogP contribution in [0, 0.1) is 0 Å². The molecule has 1 aromatic rings. The molecule has 1 aliphatic heterocycles. The van der Waals surface area contributed by atoms with E-state index in [1.807, 2.05) is 18.5 Å². The van der Waals surface area contributed by atoms with Gasteiger partial charge in [-0.1, -0.05) is 6.07 Å². The summed E-state index contributed by atoms with van der Waals surface area (Å²) < 4.78 is 11.5. The van der Waals surface area contributed by atoms with E-state index < -0.39 is 0 Å². The van der Waals surface area contributed by atoms with Crippen molar-refractivity contribution in [1.29, 1.82) is 0 Å². The molecule has 0 unspecified atom stereocenters. The minimum Gasteiger partial charge on any atom is -0.348 e.